The maximum atomic E-state index is 13.3. The van der Waals surface area contributed by atoms with Gasteiger partial charge >= 0.3 is 0 Å². The van der Waals surface area contributed by atoms with Gasteiger partial charge in [0.15, 0.2) is 10.8 Å². The monoisotopic (exact) mass is 386 g/mol. The number of rotatable bonds is 4. The van der Waals surface area contributed by atoms with Crippen LogP contribution in [0.15, 0.2) is 30.6 Å². The molecule has 1 amide bonds. The summed E-state index contributed by atoms with van der Waals surface area (Å²) in [5.41, 5.74) is 1.56. The normalized spacial score (nSPS) is 15.0. The number of carbonyl (C=O) groups excluding carboxylic acids is 1. The molecule has 4 rings (SSSR count). The predicted molar refractivity (Wildman–Crippen MR) is 101 cm³/mol. The van der Waals surface area contributed by atoms with Gasteiger partial charge in [0.1, 0.15) is 5.82 Å². The van der Waals surface area contributed by atoms with Crippen molar-refractivity contribution < 1.29 is 9.18 Å². The zero-order valence-corrected chi connectivity index (χ0v) is 15.6. The predicted octanol–water partition coefficient (Wildman–Crippen LogP) is 2.89. The molecule has 140 valence electrons. The first kappa shape index (κ1) is 17.7. The molecular formula is C18H19FN6OS. The summed E-state index contributed by atoms with van der Waals surface area (Å²) in [4.78, 5) is 18.0. The number of hydrogen-bond donors (Lipinski definition) is 2. The molecule has 1 aliphatic rings. The van der Waals surface area contributed by atoms with Gasteiger partial charge in [0.2, 0.25) is 0 Å². The smallest absolute Gasteiger partial charge is 0.279 e. The van der Waals surface area contributed by atoms with E-state index in [2.05, 4.69) is 25.9 Å². The first-order valence-corrected chi connectivity index (χ1v) is 9.58. The van der Waals surface area contributed by atoms with E-state index in [9.17, 15) is 9.18 Å². The zero-order chi connectivity index (χ0) is 18.8. The van der Waals surface area contributed by atoms with Crippen molar-refractivity contribution >= 4 is 22.4 Å². The fourth-order valence-corrected chi connectivity index (χ4v) is 4.14. The third-order valence-electron chi connectivity index (χ3n) is 4.62. The highest BCUT2D eigenvalue weighted by atomic mass is 32.1. The number of thiazole rings is 1. The van der Waals surface area contributed by atoms with Crippen LogP contribution in [0.1, 0.15) is 39.7 Å². The zero-order valence-electron chi connectivity index (χ0n) is 14.8. The van der Waals surface area contributed by atoms with Crippen LogP contribution >= 0.6 is 11.3 Å². The fraction of sp³-hybridized carbons (Fsp3) is 0.333. The standard InChI is InChI=1S/C18H19FN6OS/c1-11-8-13(19)2-3-15(11)25-10-14(23-24-25)17(26)22-18-21-9-16(27-18)12-4-6-20-7-5-12/h2-3,8-10,12,20H,4-7H2,1H3,(H,21,22,26). The van der Waals surface area contributed by atoms with Gasteiger partial charge in [-0.05, 0) is 62.5 Å². The van der Waals surface area contributed by atoms with Gasteiger partial charge in [0, 0.05) is 11.1 Å². The molecule has 0 atom stereocenters. The van der Waals surface area contributed by atoms with Crippen molar-refractivity contribution in [1.82, 2.24) is 25.3 Å². The summed E-state index contributed by atoms with van der Waals surface area (Å²) in [6, 6.07) is 4.36. The van der Waals surface area contributed by atoms with Gasteiger partial charge < -0.3 is 5.32 Å². The highest BCUT2D eigenvalue weighted by molar-refractivity contribution is 7.15. The molecule has 2 aromatic heterocycles. The number of nitrogens with zero attached hydrogens (tertiary/aromatic N) is 4. The molecule has 27 heavy (non-hydrogen) atoms. The average Bonchev–Trinajstić information content (AvgIpc) is 3.32. The van der Waals surface area contributed by atoms with Gasteiger partial charge in [0.05, 0.1) is 11.9 Å². The van der Waals surface area contributed by atoms with E-state index in [0.717, 1.165) is 25.9 Å². The molecule has 0 saturated carbocycles. The van der Waals surface area contributed by atoms with Crippen LogP contribution < -0.4 is 10.6 Å². The summed E-state index contributed by atoms with van der Waals surface area (Å²) >= 11 is 1.50. The maximum absolute atomic E-state index is 13.3. The first-order valence-electron chi connectivity index (χ1n) is 8.77. The van der Waals surface area contributed by atoms with Crippen LogP contribution in [0.5, 0.6) is 0 Å². The molecule has 0 aliphatic carbocycles. The molecule has 1 fully saturated rings. The summed E-state index contributed by atoms with van der Waals surface area (Å²) in [6.45, 7) is 3.80. The molecule has 1 saturated heterocycles. The van der Waals surface area contributed by atoms with Crippen LogP contribution in [0, 0.1) is 12.7 Å². The molecule has 0 bridgehead atoms. The summed E-state index contributed by atoms with van der Waals surface area (Å²) in [7, 11) is 0. The Kier molecular flexibility index (Phi) is 4.95. The lowest BCUT2D eigenvalue weighted by atomic mass is 9.97. The number of benzene rings is 1. The molecule has 1 aliphatic heterocycles. The Bertz CT molecular complexity index is 962. The maximum Gasteiger partial charge on any atom is 0.279 e. The van der Waals surface area contributed by atoms with Crippen molar-refractivity contribution in [1.29, 1.82) is 0 Å². The molecule has 9 heteroatoms. The lowest BCUT2D eigenvalue weighted by Gasteiger charge is -2.20. The second kappa shape index (κ2) is 7.53. The summed E-state index contributed by atoms with van der Waals surface area (Å²) in [6.07, 6.45) is 5.54. The summed E-state index contributed by atoms with van der Waals surface area (Å²) < 4.78 is 14.7. The van der Waals surface area contributed by atoms with Gasteiger partial charge in [0.25, 0.3) is 5.91 Å². The SMILES string of the molecule is Cc1cc(F)ccc1-n1cc(C(=O)Nc2ncc(C3CCNCC3)s2)nn1. The molecular weight excluding hydrogens is 367 g/mol. The number of amides is 1. The molecule has 7 nitrogen and oxygen atoms in total. The third kappa shape index (κ3) is 3.88. The minimum atomic E-state index is -0.368. The van der Waals surface area contributed by atoms with E-state index in [4.69, 9.17) is 0 Å². The number of halogens is 1. The Morgan fingerprint density at radius 2 is 2.19 bits per heavy atom. The van der Waals surface area contributed by atoms with Crippen molar-refractivity contribution in [2.45, 2.75) is 25.7 Å². The van der Waals surface area contributed by atoms with E-state index in [-0.39, 0.29) is 17.4 Å². The Morgan fingerprint density at radius 1 is 1.37 bits per heavy atom. The van der Waals surface area contributed by atoms with E-state index < -0.39 is 0 Å². The van der Waals surface area contributed by atoms with Crippen molar-refractivity contribution in [2.24, 2.45) is 0 Å². The molecule has 3 aromatic rings. The minimum Gasteiger partial charge on any atom is -0.317 e. The van der Waals surface area contributed by atoms with Gasteiger partial charge in [-0.2, -0.15) is 0 Å². The van der Waals surface area contributed by atoms with Crippen LogP contribution in [0.3, 0.4) is 0 Å². The van der Waals surface area contributed by atoms with Crippen molar-refractivity contribution in [3.8, 4) is 5.69 Å². The quantitative estimate of drug-likeness (QED) is 0.720. The van der Waals surface area contributed by atoms with E-state index >= 15 is 0 Å². The van der Waals surface area contributed by atoms with E-state index in [1.54, 1.807) is 13.0 Å². The highest BCUT2D eigenvalue weighted by Crippen LogP contribution is 2.31. The largest absolute Gasteiger partial charge is 0.317 e. The number of hydrogen-bond acceptors (Lipinski definition) is 6. The van der Waals surface area contributed by atoms with Crippen LogP contribution in [0.4, 0.5) is 9.52 Å². The van der Waals surface area contributed by atoms with Crippen LogP contribution in [0.2, 0.25) is 0 Å². The van der Waals surface area contributed by atoms with Gasteiger partial charge in [-0.3, -0.25) is 10.1 Å². The fourth-order valence-electron chi connectivity index (χ4n) is 3.16. The first-order chi connectivity index (χ1) is 13.1. The van der Waals surface area contributed by atoms with Gasteiger partial charge in [-0.15, -0.1) is 16.4 Å². The van der Waals surface area contributed by atoms with E-state index in [1.165, 1.54) is 39.2 Å². The molecule has 2 N–H and O–H groups in total. The Hall–Kier alpha value is -2.65. The Balaban J connectivity index is 1.46. The van der Waals surface area contributed by atoms with Gasteiger partial charge in [-0.1, -0.05) is 5.21 Å². The molecule has 0 spiro atoms. The number of aromatic nitrogens is 4. The lowest BCUT2D eigenvalue weighted by molar-refractivity contribution is 0.102. The lowest BCUT2D eigenvalue weighted by Crippen LogP contribution is -2.26. The van der Waals surface area contributed by atoms with Crippen molar-refractivity contribution in [3.63, 3.8) is 0 Å². The van der Waals surface area contributed by atoms with Crippen LogP contribution in [-0.4, -0.2) is 39.0 Å². The number of aryl methyl sites for hydroxylation is 1. The van der Waals surface area contributed by atoms with E-state index in [1.807, 2.05) is 6.20 Å². The summed E-state index contributed by atoms with van der Waals surface area (Å²) in [5, 5.41) is 14.6. The number of nitrogens with one attached hydrogen (secondary N) is 2. The second-order valence-corrected chi connectivity index (χ2v) is 7.59. The topological polar surface area (TPSA) is 84.7 Å². The second-order valence-electron chi connectivity index (χ2n) is 6.53. The average molecular weight is 386 g/mol. The van der Waals surface area contributed by atoms with E-state index in [0.29, 0.717) is 22.3 Å². The van der Waals surface area contributed by atoms with Crippen LogP contribution in [-0.2, 0) is 0 Å². The van der Waals surface area contributed by atoms with Crippen LogP contribution in [0.25, 0.3) is 5.69 Å². The molecule has 1 aromatic carbocycles. The number of anilines is 1. The minimum absolute atomic E-state index is 0.178. The Morgan fingerprint density at radius 3 is 2.96 bits per heavy atom. The Labute approximate surface area is 159 Å². The molecule has 0 unspecified atom stereocenters. The van der Waals surface area contributed by atoms with Crippen molar-refractivity contribution in [2.75, 3.05) is 18.4 Å². The number of piperidine rings is 1. The molecule has 0 radical (unpaired) electrons. The summed E-state index contributed by atoms with van der Waals surface area (Å²) in [5.74, 6) is -0.188. The molecule has 3 heterocycles. The van der Waals surface area contributed by atoms with Gasteiger partial charge in [-0.25, -0.2) is 14.1 Å². The third-order valence-corrected chi connectivity index (χ3v) is 5.69. The number of carbonyl (C=O) groups is 1. The highest BCUT2D eigenvalue weighted by Gasteiger charge is 2.19. The van der Waals surface area contributed by atoms with Crippen molar-refractivity contribution in [3.05, 3.63) is 52.5 Å².